The Morgan fingerprint density at radius 2 is 2.22 bits per heavy atom. The fourth-order valence-corrected chi connectivity index (χ4v) is 2.06. The van der Waals surface area contributed by atoms with Gasteiger partial charge < -0.3 is 15.0 Å². The number of nitrogens with zero attached hydrogens (tertiary/aromatic N) is 1. The molecule has 0 aliphatic heterocycles. The summed E-state index contributed by atoms with van der Waals surface area (Å²) in [4.78, 5) is 11.2. The maximum atomic E-state index is 11.2. The van der Waals surface area contributed by atoms with Crippen LogP contribution in [0.2, 0.25) is 0 Å². The van der Waals surface area contributed by atoms with Crippen molar-refractivity contribution in [2.75, 3.05) is 5.88 Å². The molecule has 18 heavy (non-hydrogen) atoms. The fraction of sp³-hybridized carbons (Fsp3) is 0.308. The van der Waals surface area contributed by atoms with Crippen molar-refractivity contribution in [2.45, 2.75) is 13.0 Å². The van der Waals surface area contributed by atoms with Crippen molar-refractivity contribution < 1.29 is 9.90 Å². The normalized spacial score (nSPS) is 12.6. The lowest BCUT2D eigenvalue weighted by molar-refractivity contribution is -0.119. The number of hydrogen-bond acceptors (Lipinski definition) is 2. The topological polar surface area (TPSA) is 54.3 Å². The zero-order chi connectivity index (χ0) is 13.3. The Hall–Kier alpha value is -1.68. The molecule has 96 valence electrons. The molecule has 0 aliphatic carbocycles. The van der Waals surface area contributed by atoms with Gasteiger partial charge in [0.05, 0.1) is 11.6 Å². The Balaban J connectivity index is 2.32. The number of carbonyl (C=O) groups excluding carboxylic acids is 1. The van der Waals surface area contributed by atoms with E-state index in [4.69, 9.17) is 11.6 Å². The smallest absolute Gasteiger partial charge is 0.235 e. The highest BCUT2D eigenvalue weighted by Crippen LogP contribution is 2.26. The van der Waals surface area contributed by atoms with Gasteiger partial charge in [-0.15, -0.1) is 11.6 Å². The summed E-state index contributed by atoms with van der Waals surface area (Å²) in [6, 6.07) is 7.40. The van der Waals surface area contributed by atoms with Gasteiger partial charge >= 0.3 is 0 Å². The van der Waals surface area contributed by atoms with Gasteiger partial charge in [-0.05, 0) is 24.6 Å². The number of aromatic nitrogens is 1. The van der Waals surface area contributed by atoms with Crippen molar-refractivity contribution in [3.63, 3.8) is 0 Å². The first-order chi connectivity index (χ1) is 8.52. The standard InChI is InChI=1S/C13H15ClN2O2/c1-8(15-12(17)7-14)9-3-4-11-10(5-9)6-13(18)16(11)2/h3-6,8,18H,7H2,1-2H3,(H,15,17). The summed E-state index contributed by atoms with van der Waals surface area (Å²) in [5, 5.41) is 13.4. The second kappa shape index (κ2) is 4.90. The van der Waals surface area contributed by atoms with Crippen LogP contribution in [0.4, 0.5) is 0 Å². The zero-order valence-electron chi connectivity index (χ0n) is 10.3. The highest BCUT2D eigenvalue weighted by Gasteiger charge is 2.11. The van der Waals surface area contributed by atoms with E-state index in [2.05, 4.69) is 5.32 Å². The van der Waals surface area contributed by atoms with Crippen LogP contribution in [0.1, 0.15) is 18.5 Å². The molecule has 1 heterocycles. The molecule has 1 amide bonds. The maximum Gasteiger partial charge on any atom is 0.235 e. The van der Waals surface area contributed by atoms with E-state index in [1.54, 1.807) is 17.7 Å². The molecule has 5 heteroatoms. The summed E-state index contributed by atoms with van der Waals surface area (Å²) in [5.74, 6) is -0.0154. The molecule has 2 aromatic rings. The second-order valence-corrected chi connectivity index (χ2v) is 4.57. The third-order valence-corrected chi connectivity index (χ3v) is 3.28. The highest BCUT2D eigenvalue weighted by atomic mass is 35.5. The quantitative estimate of drug-likeness (QED) is 0.838. The van der Waals surface area contributed by atoms with Crippen LogP contribution in [0.25, 0.3) is 10.9 Å². The second-order valence-electron chi connectivity index (χ2n) is 4.30. The molecule has 0 radical (unpaired) electrons. The van der Waals surface area contributed by atoms with E-state index in [-0.39, 0.29) is 23.7 Å². The molecule has 0 aliphatic rings. The number of aromatic hydroxyl groups is 1. The van der Waals surface area contributed by atoms with E-state index in [0.29, 0.717) is 0 Å². The van der Waals surface area contributed by atoms with Crippen molar-refractivity contribution in [3.05, 3.63) is 29.8 Å². The van der Waals surface area contributed by atoms with Gasteiger partial charge in [-0.2, -0.15) is 0 Å². The van der Waals surface area contributed by atoms with E-state index in [0.717, 1.165) is 16.5 Å². The lowest BCUT2D eigenvalue weighted by Crippen LogP contribution is -2.27. The largest absolute Gasteiger partial charge is 0.494 e. The van der Waals surface area contributed by atoms with Crippen LogP contribution >= 0.6 is 11.6 Å². The zero-order valence-corrected chi connectivity index (χ0v) is 11.0. The first-order valence-electron chi connectivity index (χ1n) is 5.66. The predicted octanol–water partition coefficient (Wildman–Crippen LogP) is 2.30. The van der Waals surface area contributed by atoms with Gasteiger partial charge in [0.15, 0.2) is 5.88 Å². The molecular weight excluding hydrogens is 252 g/mol. The minimum absolute atomic E-state index is 0.0429. The summed E-state index contributed by atoms with van der Waals surface area (Å²) >= 11 is 5.45. The summed E-state index contributed by atoms with van der Waals surface area (Å²) in [6.45, 7) is 1.90. The minimum Gasteiger partial charge on any atom is -0.494 e. The number of halogens is 1. The molecule has 1 atom stereocenters. The summed E-state index contributed by atoms with van der Waals surface area (Å²) < 4.78 is 1.71. The Bertz CT molecular complexity index is 592. The van der Waals surface area contributed by atoms with E-state index in [1.165, 1.54) is 0 Å². The summed E-state index contributed by atoms with van der Waals surface area (Å²) in [6.07, 6.45) is 0. The first kappa shape index (κ1) is 12.8. The molecule has 0 spiro atoms. The van der Waals surface area contributed by atoms with Crippen molar-refractivity contribution in [1.29, 1.82) is 0 Å². The van der Waals surface area contributed by atoms with Gasteiger partial charge in [-0.1, -0.05) is 6.07 Å². The van der Waals surface area contributed by atoms with Crippen molar-refractivity contribution >= 4 is 28.4 Å². The number of fused-ring (bicyclic) bond motifs is 1. The van der Waals surface area contributed by atoms with Crippen LogP contribution in [-0.4, -0.2) is 21.5 Å². The van der Waals surface area contributed by atoms with Crippen LogP contribution in [0, 0.1) is 0 Å². The van der Waals surface area contributed by atoms with Gasteiger partial charge in [0.1, 0.15) is 5.88 Å². The number of alkyl halides is 1. The van der Waals surface area contributed by atoms with Crippen LogP contribution in [-0.2, 0) is 11.8 Å². The van der Waals surface area contributed by atoms with Crippen LogP contribution in [0.15, 0.2) is 24.3 Å². The summed E-state index contributed by atoms with van der Waals surface area (Å²) in [5.41, 5.74) is 1.93. The number of benzene rings is 1. The third kappa shape index (κ3) is 2.29. The average Bonchev–Trinajstić information content (AvgIpc) is 2.64. The van der Waals surface area contributed by atoms with E-state index in [9.17, 15) is 9.90 Å². The number of rotatable bonds is 3. The Labute approximate surface area is 110 Å². The third-order valence-electron chi connectivity index (χ3n) is 3.04. The number of aryl methyl sites for hydroxylation is 1. The Morgan fingerprint density at radius 1 is 1.50 bits per heavy atom. The van der Waals surface area contributed by atoms with Gasteiger partial charge in [0, 0.05) is 18.5 Å². The van der Waals surface area contributed by atoms with Crippen molar-refractivity contribution in [2.24, 2.45) is 7.05 Å². The number of carbonyl (C=O) groups is 1. The van der Waals surface area contributed by atoms with Crippen LogP contribution < -0.4 is 5.32 Å². The Morgan fingerprint density at radius 3 is 2.89 bits per heavy atom. The molecule has 2 N–H and O–H groups in total. The van der Waals surface area contributed by atoms with E-state index < -0.39 is 0 Å². The first-order valence-corrected chi connectivity index (χ1v) is 6.20. The van der Waals surface area contributed by atoms with Crippen molar-refractivity contribution in [1.82, 2.24) is 9.88 Å². The number of amides is 1. The maximum absolute atomic E-state index is 11.2. The molecule has 0 saturated carbocycles. The lowest BCUT2D eigenvalue weighted by atomic mass is 10.1. The van der Waals surface area contributed by atoms with Gasteiger partial charge in [0.25, 0.3) is 0 Å². The molecule has 0 saturated heterocycles. The van der Waals surface area contributed by atoms with Gasteiger partial charge in [-0.25, -0.2) is 0 Å². The Kier molecular flexibility index (Phi) is 3.48. The lowest BCUT2D eigenvalue weighted by Gasteiger charge is -2.13. The molecule has 0 fully saturated rings. The summed E-state index contributed by atoms with van der Waals surface area (Å²) in [7, 11) is 1.80. The van der Waals surface area contributed by atoms with E-state index >= 15 is 0 Å². The van der Waals surface area contributed by atoms with Crippen LogP contribution in [0.5, 0.6) is 5.88 Å². The predicted molar refractivity (Wildman–Crippen MR) is 71.9 cm³/mol. The SMILES string of the molecule is CC(NC(=O)CCl)c1ccc2c(c1)cc(O)n2C. The van der Waals surface area contributed by atoms with E-state index in [1.807, 2.05) is 25.1 Å². The molecule has 1 aromatic carbocycles. The van der Waals surface area contributed by atoms with Gasteiger partial charge in [0.2, 0.25) is 5.91 Å². The molecule has 2 rings (SSSR count). The number of nitrogens with one attached hydrogen (secondary N) is 1. The minimum atomic E-state index is -0.194. The fourth-order valence-electron chi connectivity index (χ4n) is 1.99. The number of hydrogen-bond donors (Lipinski definition) is 2. The molecular formula is C13H15ClN2O2. The van der Waals surface area contributed by atoms with Crippen molar-refractivity contribution in [3.8, 4) is 5.88 Å². The monoisotopic (exact) mass is 266 g/mol. The molecule has 0 bridgehead atoms. The van der Waals surface area contributed by atoms with Crippen LogP contribution in [0.3, 0.4) is 0 Å². The van der Waals surface area contributed by atoms with Gasteiger partial charge in [-0.3, -0.25) is 4.79 Å². The molecule has 4 nitrogen and oxygen atoms in total. The average molecular weight is 267 g/mol. The highest BCUT2D eigenvalue weighted by molar-refractivity contribution is 6.27. The molecule has 1 unspecified atom stereocenters. The molecule has 1 aromatic heterocycles.